The molecule has 2 aromatic carbocycles. The van der Waals surface area contributed by atoms with Crippen LogP contribution in [0.4, 0.5) is 34.8 Å². The minimum atomic E-state index is -4.90. The average molecular weight is 1000 g/mol. The van der Waals surface area contributed by atoms with Crippen molar-refractivity contribution in [2.24, 2.45) is 16.7 Å². The number of anilines is 3. The number of pyridine rings is 1. The van der Waals surface area contributed by atoms with Gasteiger partial charge in [0.25, 0.3) is 5.91 Å². The first-order chi connectivity index (χ1) is 34.1. The number of rotatable bonds is 11. The van der Waals surface area contributed by atoms with Gasteiger partial charge in [0, 0.05) is 112 Å². The molecule has 12 rings (SSSR count). The number of fused-ring (bicyclic) bond motifs is 4. The molecular weight excluding hydrogens is 942 g/mol. The summed E-state index contributed by atoms with van der Waals surface area (Å²) >= 11 is 6.07. The second-order valence-electron chi connectivity index (χ2n) is 21.8. The van der Waals surface area contributed by atoms with Crippen molar-refractivity contribution in [3.05, 3.63) is 64.1 Å². The Morgan fingerprint density at radius 1 is 0.873 bits per heavy atom. The van der Waals surface area contributed by atoms with Crippen LogP contribution >= 0.6 is 11.6 Å². The zero-order chi connectivity index (χ0) is 49.0. The first kappa shape index (κ1) is 46.7. The van der Waals surface area contributed by atoms with E-state index in [0.29, 0.717) is 60.8 Å². The van der Waals surface area contributed by atoms with Gasteiger partial charge in [-0.2, -0.15) is 23.1 Å². The van der Waals surface area contributed by atoms with Gasteiger partial charge < -0.3 is 35.4 Å². The number of piperazine rings is 2. The summed E-state index contributed by atoms with van der Waals surface area (Å²) in [6, 6.07) is 7.88. The lowest BCUT2D eigenvalue weighted by Crippen LogP contribution is -2.53. The van der Waals surface area contributed by atoms with Crippen LogP contribution in [0.5, 0.6) is 6.01 Å². The molecule has 15 nitrogen and oxygen atoms in total. The Hall–Kier alpha value is -5.37. The van der Waals surface area contributed by atoms with Gasteiger partial charge in [-0.15, -0.1) is 0 Å². The number of imide groups is 1. The van der Waals surface area contributed by atoms with Gasteiger partial charge in [-0.1, -0.05) is 11.6 Å². The van der Waals surface area contributed by atoms with Crippen LogP contribution in [0, 0.1) is 22.6 Å². The number of likely N-dealkylation sites (tertiary alicyclic amines) is 1. The van der Waals surface area contributed by atoms with Crippen LogP contribution in [-0.2, 0) is 22.3 Å². The number of halogens is 5. The molecule has 3 atom stereocenters. The largest absolute Gasteiger partial charge is 0.463 e. The number of carbonyl (C=O) groups is 3. The van der Waals surface area contributed by atoms with Gasteiger partial charge in [0.15, 0.2) is 5.82 Å². The Kier molecular flexibility index (Phi) is 11.6. The number of carbonyl (C=O) groups excluding carboxylic acids is 3. The van der Waals surface area contributed by atoms with Crippen LogP contribution < -0.4 is 30.9 Å². The quantitative estimate of drug-likeness (QED) is 0.0878. The zero-order valence-corrected chi connectivity index (χ0v) is 40.3. The number of ether oxygens (including phenoxy) is 1. The third-order valence-electron chi connectivity index (χ3n) is 17.0. The van der Waals surface area contributed by atoms with Crippen LogP contribution in [0.1, 0.15) is 85.7 Å². The minimum Gasteiger partial charge on any atom is -0.463 e. The maximum absolute atomic E-state index is 16.8. The number of nitrogens with zero attached hydrogens (tertiary/aromatic N) is 8. The molecule has 3 amide bonds. The maximum atomic E-state index is 16.8. The topological polar surface area (TPSA) is 165 Å². The number of nitrogen functional groups attached to an aromatic ring is 1. The van der Waals surface area contributed by atoms with Crippen molar-refractivity contribution < 1.29 is 36.7 Å². The number of aromatic nitrogens is 3. The van der Waals surface area contributed by atoms with Crippen LogP contribution in [0.3, 0.4) is 0 Å². The molecule has 8 aliphatic rings. The monoisotopic (exact) mass is 999 g/mol. The molecule has 376 valence electrons. The van der Waals surface area contributed by atoms with E-state index in [9.17, 15) is 27.6 Å². The van der Waals surface area contributed by atoms with E-state index >= 15 is 4.39 Å². The molecule has 6 aliphatic heterocycles. The second-order valence-corrected chi connectivity index (χ2v) is 22.3. The molecule has 2 aliphatic carbocycles. The molecule has 7 fully saturated rings. The Bertz CT molecular complexity index is 2800. The van der Waals surface area contributed by atoms with E-state index in [1.165, 1.54) is 31.9 Å². The lowest BCUT2D eigenvalue weighted by atomic mass is 9.57. The Labute approximate surface area is 413 Å². The van der Waals surface area contributed by atoms with Crippen molar-refractivity contribution in [3.8, 4) is 17.3 Å². The fourth-order valence-electron chi connectivity index (χ4n) is 13.0. The Morgan fingerprint density at radius 2 is 1.62 bits per heavy atom. The highest BCUT2D eigenvalue weighted by molar-refractivity contribution is 6.32. The molecule has 2 bridgehead atoms. The Balaban J connectivity index is 0.649. The summed E-state index contributed by atoms with van der Waals surface area (Å²) in [6.45, 7) is 9.83. The average Bonchev–Trinajstić information content (AvgIpc) is 3.90. The fourth-order valence-corrected chi connectivity index (χ4v) is 13.3. The number of hydrogen-bond acceptors (Lipinski definition) is 13. The molecule has 4 aromatic rings. The summed E-state index contributed by atoms with van der Waals surface area (Å²) in [5.41, 5.74) is 6.35. The summed E-state index contributed by atoms with van der Waals surface area (Å²) in [7, 11) is 0. The van der Waals surface area contributed by atoms with E-state index in [2.05, 4.69) is 46.3 Å². The van der Waals surface area contributed by atoms with Crippen LogP contribution in [0.15, 0.2) is 36.5 Å². The van der Waals surface area contributed by atoms with Crippen LogP contribution in [0.2, 0.25) is 5.02 Å². The summed E-state index contributed by atoms with van der Waals surface area (Å²) < 4.78 is 66.2. The molecule has 1 spiro atoms. The standard InChI is InChI=1S/C51H58ClF4N11O4/c52-38-19-31(57)18-36(41(38)51(54,55)56)43-42(53)44-37(22-58-43)45(66-25-32-1-2-33(26-66)59-32)62-48(61-44)71-28-50(7-8-50)27-64-11-9-49(10-12-64)20-29(21-49)23-63-13-15-65(16-14-63)34-3-4-35-30(17-34)24-67(47(35)70)39-5-6-40(68)60-46(39)69/h3-4,17-19,22,29,32-33,39,59H,1-2,5-16,20-21,23-28,57H2,(H,60,68,69)/t32?,33?,39-/m0/s1. The summed E-state index contributed by atoms with van der Waals surface area (Å²) in [4.78, 5) is 62.3. The maximum Gasteiger partial charge on any atom is 0.418 e. The van der Waals surface area contributed by atoms with E-state index in [1.807, 2.05) is 12.1 Å². The lowest BCUT2D eigenvalue weighted by molar-refractivity contribution is -0.138. The first-order valence-corrected chi connectivity index (χ1v) is 25.6. The molecule has 5 saturated heterocycles. The van der Waals surface area contributed by atoms with Crippen molar-refractivity contribution in [3.63, 3.8) is 0 Å². The molecule has 8 heterocycles. The number of hydrogen-bond donors (Lipinski definition) is 3. The third kappa shape index (κ3) is 8.92. The number of amides is 3. The molecule has 2 aromatic heterocycles. The molecule has 2 saturated carbocycles. The highest BCUT2D eigenvalue weighted by Crippen LogP contribution is 2.54. The molecule has 0 radical (unpaired) electrons. The van der Waals surface area contributed by atoms with Gasteiger partial charge in [0.2, 0.25) is 11.8 Å². The van der Waals surface area contributed by atoms with E-state index in [4.69, 9.17) is 27.1 Å². The number of nitrogens with one attached hydrogen (secondary N) is 2. The number of benzene rings is 2. The molecular formula is C51H58ClF4N11O4. The molecule has 2 unspecified atom stereocenters. The van der Waals surface area contributed by atoms with Crippen molar-refractivity contribution in [1.29, 1.82) is 0 Å². The van der Waals surface area contributed by atoms with Crippen molar-refractivity contribution in [2.45, 2.75) is 95.1 Å². The summed E-state index contributed by atoms with van der Waals surface area (Å²) in [5, 5.41) is 5.63. The van der Waals surface area contributed by atoms with Gasteiger partial charge in [0.1, 0.15) is 23.1 Å². The fraction of sp³-hybridized carbons (Fsp3) is 0.569. The van der Waals surface area contributed by atoms with Crippen LogP contribution in [-0.4, -0.2) is 138 Å². The normalized spacial score (nSPS) is 25.5. The molecule has 20 heteroatoms. The minimum absolute atomic E-state index is 0.0112. The third-order valence-corrected chi connectivity index (χ3v) is 17.3. The SMILES string of the molecule is Nc1cc(Cl)c(C(F)(F)F)c(-c2ncc3c(N4CC5CCC(C4)N5)nc(OCC4(CN5CCC6(CC5)CC(CN5CCN(c7ccc8c(c7)CN([C@H]7CCC(=O)NC7=O)C8=O)CC5)C6)CC4)nc3c2F)c1. The predicted octanol–water partition coefficient (Wildman–Crippen LogP) is 6.26. The predicted molar refractivity (Wildman–Crippen MR) is 258 cm³/mol. The van der Waals surface area contributed by atoms with E-state index < -0.39 is 45.8 Å². The number of nitrogens with two attached hydrogens (primary N) is 1. The second kappa shape index (κ2) is 17.7. The van der Waals surface area contributed by atoms with Gasteiger partial charge >= 0.3 is 12.2 Å². The van der Waals surface area contributed by atoms with Crippen molar-refractivity contribution >= 4 is 57.4 Å². The number of alkyl halides is 3. The first-order valence-electron chi connectivity index (χ1n) is 25.2. The number of piperidine rings is 2. The Morgan fingerprint density at radius 3 is 2.32 bits per heavy atom. The molecule has 71 heavy (non-hydrogen) atoms. The van der Waals surface area contributed by atoms with Gasteiger partial charge in [0.05, 0.1) is 22.6 Å². The van der Waals surface area contributed by atoms with Crippen molar-refractivity contribution in [2.75, 3.05) is 87.6 Å². The summed E-state index contributed by atoms with van der Waals surface area (Å²) in [6.07, 6.45) is 5.86. The molecule has 4 N–H and O–H groups in total. The van der Waals surface area contributed by atoms with Gasteiger partial charge in [-0.05, 0) is 118 Å². The van der Waals surface area contributed by atoms with E-state index in [0.717, 1.165) is 101 Å². The van der Waals surface area contributed by atoms with E-state index in [-0.39, 0.29) is 52.9 Å². The van der Waals surface area contributed by atoms with Gasteiger partial charge in [-0.25, -0.2) is 4.39 Å². The highest BCUT2D eigenvalue weighted by atomic mass is 35.5. The lowest BCUT2D eigenvalue weighted by Gasteiger charge is -2.54. The highest BCUT2D eigenvalue weighted by Gasteiger charge is 2.50. The van der Waals surface area contributed by atoms with Gasteiger partial charge in [-0.3, -0.25) is 29.6 Å². The van der Waals surface area contributed by atoms with Crippen molar-refractivity contribution in [1.82, 2.24) is 40.3 Å². The summed E-state index contributed by atoms with van der Waals surface area (Å²) in [5.74, 6) is -0.720. The van der Waals surface area contributed by atoms with E-state index in [1.54, 1.807) is 4.90 Å². The van der Waals surface area contributed by atoms with Crippen LogP contribution in [0.25, 0.3) is 22.2 Å². The zero-order valence-electron chi connectivity index (χ0n) is 39.5. The smallest absolute Gasteiger partial charge is 0.418 e.